The summed E-state index contributed by atoms with van der Waals surface area (Å²) in [5.74, 6) is -2.95. The molecule has 0 fully saturated rings. The average Bonchev–Trinajstić information content (AvgIpc) is 3.02. The van der Waals surface area contributed by atoms with Gasteiger partial charge in [0.05, 0.1) is 11.9 Å². The molecule has 9 N–H and O–H groups in total. The highest BCUT2D eigenvalue weighted by Crippen LogP contribution is 2.26. The minimum Gasteiger partial charge on any atom is -0.475 e. The van der Waals surface area contributed by atoms with Gasteiger partial charge in [-0.05, 0) is 49.6 Å². The Morgan fingerprint density at radius 3 is 2.25 bits per heavy atom. The minimum atomic E-state index is -5.08. The Balaban J connectivity index is 0.000000804. The number of benzene rings is 3. The second kappa shape index (κ2) is 16.6. The molecule has 48 heavy (non-hydrogen) atoms. The lowest BCUT2D eigenvalue weighted by Gasteiger charge is -2.17. The normalized spacial score (nSPS) is 10.9. The Bertz CT molecular complexity index is 1780. The predicted molar refractivity (Wildman–Crippen MR) is 179 cm³/mol. The van der Waals surface area contributed by atoms with E-state index in [1.807, 2.05) is 44.2 Å². The third-order valence-corrected chi connectivity index (χ3v) is 6.62. The van der Waals surface area contributed by atoms with Crippen LogP contribution in [0.25, 0.3) is 11.3 Å². The summed E-state index contributed by atoms with van der Waals surface area (Å²) in [6.07, 6.45) is -2.66. The number of hydrogen-bond acceptors (Lipinski definition) is 8. The number of carbonyl (C=O) groups is 2. The number of nitrogen functional groups attached to an aromatic ring is 2. The number of nitrogens with two attached hydrogens (primary N) is 2. The summed E-state index contributed by atoms with van der Waals surface area (Å²) >= 11 is 0. The molecular weight excluding hydrogens is 629 g/mol. The number of alkyl halides is 3. The molecule has 0 spiro atoms. The van der Waals surface area contributed by atoms with E-state index < -0.39 is 17.7 Å². The average molecular weight is 667 g/mol. The second-order valence-electron chi connectivity index (χ2n) is 10.9. The van der Waals surface area contributed by atoms with Gasteiger partial charge in [-0.15, -0.1) is 0 Å². The molecule has 0 aliphatic carbocycles. The number of anilines is 3. The molecule has 15 heteroatoms. The first-order valence-electron chi connectivity index (χ1n) is 14.7. The summed E-state index contributed by atoms with van der Waals surface area (Å²) in [6, 6.07) is 22.7. The summed E-state index contributed by atoms with van der Waals surface area (Å²) in [6.45, 7) is 4.58. The smallest absolute Gasteiger partial charge is 0.475 e. The summed E-state index contributed by atoms with van der Waals surface area (Å²) in [7, 11) is 0. The van der Waals surface area contributed by atoms with Crippen LogP contribution in [0, 0.1) is 5.41 Å². The maximum atomic E-state index is 13.5. The van der Waals surface area contributed by atoms with Gasteiger partial charge < -0.3 is 32.5 Å². The fourth-order valence-corrected chi connectivity index (χ4v) is 4.35. The predicted octanol–water partition coefficient (Wildman–Crippen LogP) is 4.20. The van der Waals surface area contributed by atoms with Crippen molar-refractivity contribution in [3.05, 3.63) is 106 Å². The van der Waals surface area contributed by atoms with Gasteiger partial charge in [-0.1, -0.05) is 54.6 Å². The maximum absolute atomic E-state index is 13.5. The van der Waals surface area contributed by atoms with Crippen LogP contribution in [0.3, 0.4) is 0 Å². The van der Waals surface area contributed by atoms with Crippen molar-refractivity contribution < 1.29 is 27.9 Å². The highest BCUT2D eigenvalue weighted by molar-refractivity contribution is 5.94. The van der Waals surface area contributed by atoms with Crippen LogP contribution in [0.1, 0.15) is 30.5 Å². The van der Waals surface area contributed by atoms with Gasteiger partial charge in [0.2, 0.25) is 5.91 Å². The summed E-state index contributed by atoms with van der Waals surface area (Å²) < 4.78 is 33.1. The number of aromatic nitrogens is 2. The molecule has 4 aromatic rings. The highest BCUT2D eigenvalue weighted by atomic mass is 19.4. The van der Waals surface area contributed by atoms with Crippen molar-refractivity contribution in [2.24, 2.45) is 5.73 Å². The molecule has 0 atom stereocenters. The number of halogens is 3. The van der Waals surface area contributed by atoms with E-state index in [-0.39, 0.29) is 36.7 Å². The molecule has 0 radical (unpaired) electrons. The van der Waals surface area contributed by atoms with Crippen molar-refractivity contribution >= 4 is 34.9 Å². The molecule has 0 bridgehead atoms. The van der Waals surface area contributed by atoms with Crippen LogP contribution < -0.4 is 33.0 Å². The second-order valence-corrected chi connectivity index (χ2v) is 10.9. The van der Waals surface area contributed by atoms with E-state index in [0.717, 1.165) is 17.7 Å². The monoisotopic (exact) mass is 666 g/mol. The van der Waals surface area contributed by atoms with E-state index in [0.29, 0.717) is 29.1 Å². The van der Waals surface area contributed by atoms with Crippen molar-refractivity contribution in [1.29, 1.82) is 5.41 Å². The van der Waals surface area contributed by atoms with Crippen LogP contribution in [0.4, 0.5) is 30.4 Å². The van der Waals surface area contributed by atoms with Crippen molar-refractivity contribution in [3.63, 3.8) is 0 Å². The van der Waals surface area contributed by atoms with Crippen LogP contribution >= 0.6 is 0 Å². The first-order chi connectivity index (χ1) is 22.6. The van der Waals surface area contributed by atoms with E-state index in [2.05, 4.69) is 33.1 Å². The summed E-state index contributed by atoms with van der Waals surface area (Å²) in [5, 5.41) is 24.0. The highest BCUT2D eigenvalue weighted by Gasteiger charge is 2.38. The van der Waals surface area contributed by atoms with Crippen molar-refractivity contribution in [2.45, 2.75) is 45.6 Å². The maximum Gasteiger partial charge on any atom is 0.490 e. The number of carboxylic acids is 1. The summed E-state index contributed by atoms with van der Waals surface area (Å²) in [5.41, 5.74) is 16.5. The molecule has 1 amide bonds. The van der Waals surface area contributed by atoms with Gasteiger partial charge in [0.1, 0.15) is 12.4 Å². The SMILES string of the molecule is CC(C)Nc1ncc(-c2cc(N)cc(NCCc3ccccc3)c2)n(CC(=O)NCc2ccc(C(=N)N)cc2)c1=O.O=C(O)C(F)(F)F. The molecule has 254 valence electrons. The third kappa shape index (κ3) is 11.2. The van der Waals surface area contributed by atoms with Crippen LogP contribution in [-0.2, 0) is 29.1 Å². The Morgan fingerprint density at radius 2 is 1.67 bits per heavy atom. The number of amidine groups is 1. The molecule has 4 rings (SSSR count). The number of aliphatic carboxylic acids is 1. The van der Waals surface area contributed by atoms with E-state index >= 15 is 0 Å². The van der Waals surface area contributed by atoms with Crippen LogP contribution in [0.5, 0.6) is 0 Å². The van der Waals surface area contributed by atoms with E-state index in [4.69, 9.17) is 26.8 Å². The van der Waals surface area contributed by atoms with Gasteiger partial charge in [-0.25, -0.2) is 9.78 Å². The molecule has 0 aliphatic heterocycles. The Kier molecular flexibility index (Phi) is 12.7. The first-order valence-corrected chi connectivity index (χ1v) is 14.7. The van der Waals surface area contributed by atoms with Crippen molar-refractivity contribution in [2.75, 3.05) is 22.9 Å². The molecule has 1 heterocycles. The number of hydrogen-bond donors (Lipinski definition) is 7. The minimum absolute atomic E-state index is 0.0194. The van der Waals surface area contributed by atoms with Crippen molar-refractivity contribution in [3.8, 4) is 11.3 Å². The van der Waals surface area contributed by atoms with E-state index in [9.17, 15) is 22.8 Å². The number of nitrogens with one attached hydrogen (secondary N) is 4. The quantitative estimate of drug-likeness (QED) is 0.0657. The topological polar surface area (TPSA) is 201 Å². The zero-order valence-corrected chi connectivity index (χ0v) is 26.3. The largest absolute Gasteiger partial charge is 0.490 e. The standard InChI is InChI=1S/C31H36N8O2.C2HF3O2/c1-20(2)38-30-31(41)39(19-28(40)36-17-22-8-10-23(11-9-22)29(33)34)27(18-37-30)24-14-25(32)16-26(15-24)35-13-12-21-6-4-3-5-7-21;3-2(4,5)1(6)7/h3-11,14-16,18,20,35H,12-13,17,19,32H2,1-2H3,(H3,33,34)(H,36,40)(H,37,38);(H,6,7). The molecular formula is C33H37F3N8O4. The van der Waals surface area contributed by atoms with Crippen LogP contribution in [-0.4, -0.2) is 51.1 Å². The molecule has 0 aliphatic rings. The van der Waals surface area contributed by atoms with Crippen LogP contribution in [0.15, 0.2) is 83.8 Å². The lowest BCUT2D eigenvalue weighted by atomic mass is 10.1. The molecule has 3 aromatic carbocycles. The lowest BCUT2D eigenvalue weighted by molar-refractivity contribution is -0.192. The van der Waals surface area contributed by atoms with Crippen molar-refractivity contribution in [1.82, 2.24) is 14.9 Å². The van der Waals surface area contributed by atoms with Gasteiger partial charge in [-0.2, -0.15) is 13.2 Å². The zero-order valence-electron chi connectivity index (χ0n) is 26.3. The Hall–Kier alpha value is -5.86. The molecule has 12 nitrogen and oxygen atoms in total. The Morgan fingerprint density at radius 1 is 1.02 bits per heavy atom. The van der Waals surface area contributed by atoms with Crippen LogP contribution in [0.2, 0.25) is 0 Å². The lowest BCUT2D eigenvalue weighted by Crippen LogP contribution is -2.35. The fourth-order valence-electron chi connectivity index (χ4n) is 4.35. The number of nitrogens with zero attached hydrogens (tertiary/aromatic N) is 2. The van der Waals surface area contributed by atoms with Gasteiger partial charge in [0.15, 0.2) is 5.82 Å². The molecule has 0 saturated heterocycles. The summed E-state index contributed by atoms with van der Waals surface area (Å²) in [4.78, 5) is 39.8. The molecule has 0 saturated carbocycles. The number of rotatable bonds is 12. The Labute approximate surface area is 274 Å². The number of carbonyl (C=O) groups excluding carboxylic acids is 1. The zero-order chi connectivity index (χ0) is 35.4. The van der Waals surface area contributed by atoms with E-state index in [1.54, 1.807) is 36.5 Å². The van der Waals surface area contributed by atoms with Gasteiger partial charge in [0.25, 0.3) is 5.56 Å². The molecule has 1 aromatic heterocycles. The third-order valence-electron chi connectivity index (χ3n) is 6.62. The number of amides is 1. The number of carboxylic acid groups (broad SMARTS) is 1. The van der Waals surface area contributed by atoms with Gasteiger partial charge in [0, 0.05) is 41.6 Å². The molecule has 0 unspecified atom stereocenters. The van der Waals surface area contributed by atoms with Gasteiger partial charge in [-0.3, -0.25) is 19.6 Å². The first kappa shape index (κ1) is 36.6. The van der Waals surface area contributed by atoms with Gasteiger partial charge >= 0.3 is 12.1 Å². The fraction of sp³-hybridized carbons (Fsp3) is 0.242. The van der Waals surface area contributed by atoms with E-state index in [1.165, 1.54) is 10.1 Å².